The summed E-state index contributed by atoms with van der Waals surface area (Å²) in [6.07, 6.45) is 3.86. The summed E-state index contributed by atoms with van der Waals surface area (Å²) >= 11 is 0. The number of nitrogens with one attached hydrogen (secondary N) is 2. The van der Waals surface area contributed by atoms with Crippen molar-refractivity contribution >= 4 is 11.6 Å². The molecule has 6 nitrogen and oxygen atoms in total. The highest BCUT2D eigenvalue weighted by atomic mass is 15.3. The Morgan fingerprint density at radius 3 is 2.68 bits per heavy atom. The topological polar surface area (TPSA) is 79.1 Å². The molecule has 1 aliphatic rings. The van der Waals surface area contributed by atoms with E-state index in [9.17, 15) is 0 Å². The van der Waals surface area contributed by atoms with Crippen molar-refractivity contribution in [3.05, 3.63) is 11.4 Å². The van der Waals surface area contributed by atoms with Crippen LogP contribution in [0.3, 0.4) is 0 Å². The Balaban J connectivity index is 2.04. The van der Waals surface area contributed by atoms with Crippen LogP contribution in [0.15, 0.2) is 0 Å². The van der Waals surface area contributed by atoms with Crippen molar-refractivity contribution in [1.82, 2.24) is 14.9 Å². The van der Waals surface area contributed by atoms with Crippen LogP contribution in [0, 0.1) is 13.8 Å². The van der Waals surface area contributed by atoms with Crippen LogP contribution in [-0.4, -0.2) is 41.0 Å². The fourth-order valence-corrected chi connectivity index (χ4v) is 2.56. The van der Waals surface area contributed by atoms with Gasteiger partial charge in [0.25, 0.3) is 0 Å². The van der Waals surface area contributed by atoms with E-state index in [-0.39, 0.29) is 0 Å². The van der Waals surface area contributed by atoms with E-state index in [4.69, 9.17) is 5.84 Å². The van der Waals surface area contributed by atoms with E-state index in [1.807, 2.05) is 13.8 Å². The summed E-state index contributed by atoms with van der Waals surface area (Å²) in [5.74, 6) is 7.76. The zero-order valence-corrected chi connectivity index (χ0v) is 12.0. The van der Waals surface area contributed by atoms with E-state index in [1.54, 1.807) is 0 Å². The number of nitrogens with zero attached hydrogens (tertiary/aromatic N) is 3. The summed E-state index contributed by atoms with van der Waals surface area (Å²) < 4.78 is 0. The lowest BCUT2D eigenvalue weighted by Gasteiger charge is -2.32. The third kappa shape index (κ3) is 3.33. The minimum Gasteiger partial charge on any atom is -0.368 e. The summed E-state index contributed by atoms with van der Waals surface area (Å²) in [5.41, 5.74) is 3.59. The van der Waals surface area contributed by atoms with Gasteiger partial charge < -0.3 is 15.6 Å². The molecule has 1 fully saturated rings. The molecule has 1 aromatic rings. The highest BCUT2D eigenvalue weighted by molar-refractivity contribution is 5.56. The third-order valence-corrected chi connectivity index (χ3v) is 3.82. The molecule has 1 aliphatic heterocycles. The first kappa shape index (κ1) is 14.0. The first-order valence-electron chi connectivity index (χ1n) is 6.87. The molecule has 6 heteroatoms. The van der Waals surface area contributed by atoms with Crippen molar-refractivity contribution < 1.29 is 0 Å². The van der Waals surface area contributed by atoms with E-state index >= 15 is 0 Å². The largest absolute Gasteiger partial charge is 0.368 e. The lowest BCUT2D eigenvalue weighted by Crippen LogP contribution is -2.41. The molecule has 1 saturated heterocycles. The van der Waals surface area contributed by atoms with Crippen LogP contribution >= 0.6 is 0 Å². The van der Waals surface area contributed by atoms with Crippen LogP contribution < -0.4 is 16.6 Å². The average Bonchev–Trinajstić information content (AvgIpc) is 2.41. The van der Waals surface area contributed by atoms with Crippen molar-refractivity contribution in [3.8, 4) is 0 Å². The molecule has 4 N–H and O–H groups in total. The molecule has 0 aliphatic carbocycles. The molecular formula is C13H24N6. The Morgan fingerprint density at radius 1 is 1.26 bits per heavy atom. The van der Waals surface area contributed by atoms with E-state index < -0.39 is 0 Å². The first-order chi connectivity index (χ1) is 9.11. The van der Waals surface area contributed by atoms with Gasteiger partial charge in [0.15, 0.2) is 0 Å². The van der Waals surface area contributed by atoms with Crippen molar-refractivity contribution in [2.24, 2.45) is 5.84 Å². The number of piperidine rings is 1. The highest BCUT2D eigenvalue weighted by Gasteiger charge is 2.19. The smallest absolute Gasteiger partial charge is 0.148 e. The number of aryl methyl sites for hydroxylation is 1. The van der Waals surface area contributed by atoms with Gasteiger partial charge in [-0.15, -0.1) is 0 Å². The Hall–Kier alpha value is -1.40. The van der Waals surface area contributed by atoms with Crippen LogP contribution in [-0.2, 0) is 0 Å². The van der Waals surface area contributed by atoms with Crippen LogP contribution in [0.4, 0.5) is 11.6 Å². The van der Waals surface area contributed by atoms with E-state index in [2.05, 4.69) is 32.7 Å². The summed E-state index contributed by atoms with van der Waals surface area (Å²) in [6, 6.07) is 0.581. The second kappa shape index (κ2) is 6.16. The van der Waals surface area contributed by atoms with Crippen LogP contribution in [0.1, 0.15) is 30.7 Å². The predicted molar refractivity (Wildman–Crippen MR) is 78.1 cm³/mol. The Kier molecular flexibility index (Phi) is 4.55. The fraction of sp³-hybridized carbons (Fsp3) is 0.692. The number of anilines is 2. The molecule has 1 aromatic heterocycles. The summed E-state index contributed by atoms with van der Waals surface area (Å²) in [6.45, 7) is 5.95. The zero-order valence-electron chi connectivity index (χ0n) is 12.0. The van der Waals surface area contributed by atoms with Crippen molar-refractivity contribution in [1.29, 1.82) is 0 Å². The number of hydrogen-bond donors (Lipinski definition) is 3. The number of likely N-dealkylation sites (N-methyl/N-ethyl adjacent to an activating group) is 1. The molecule has 0 aromatic carbocycles. The molecular weight excluding hydrogens is 240 g/mol. The molecule has 106 valence electrons. The average molecular weight is 264 g/mol. The molecule has 0 bridgehead atoms. The van der Waals surface area contributed by atoms with Crippen molar-refractivity contribution in [2.45, 2.75) is 39.2 Å². The first-order valence-corrected chi connectivity index (χ1v) is 6.87. The van der Waals surface area contributed by atoms with Crippen LogP contribution in [0.2, 0.25) is 0 Å². The van der Waals surface area contributed by atoms with E-state index in [1.165, 1.54) is 25.8 Å². The second-order valence-corrected chi connectivity index (χ2v) is 5.25. The van der Waals surface area contributed by atoms with Gasteiger partial charge in [0.1, 0.15) is 17.5 Å². The maximum atomic E-state index is 5.47. The molecule has 0 amide bonds. The number of hydrazine groups is 1. The van der Waals surface area contributed by atoms with Gasteiger partial charge in [-0.25, -0.2) is 15.8 Å². The van der Waals surface area contributed by atoms with E-state index in [0.717, 1.165) is 23.8 Å². The molecule has 0 saturated carbocycles. The quantitative estimate of drug-likeness (QED) is 0.561. The van der Waals surface area contributed by atoms with Gasteiger partial charge in [-0.3, -0.25) is 0 Å². The Bertz CT molecular complexity index is 433. The molecule has 2 heterocycles. The van der Waals surface area contributed by atoms with Gasteiger partial charge in [-0.2, -0.15) is 0 Å². The zero-order chi connectivity index (χ0) is 13.8. The minimum atomic E-state index is 0.581. The Morgan fingerprint density at radius 2 is 2.00 bits per heavy atom. The number of nitrogen functional groups attached to an aromatic ring is 1. The maximum Gasteiger partial charge on any atom is 0.148 e. The fourth-order valence-electron chi connectivity index (χ4n) is 2.56. The lowest BCUT2D eigenvalue weighted by molar-refractivity contribution is 0.194. The lowest BCUT2D eigenvalue weighted by atomic mass is 10.0. The van der Waals surface area contributed by atoms with Crippen molar-refractivity contribution in [3.63, 3.8) is 0 Å². The molecule has 19 heavy (non-hydrogen) atoms. The molecule has 0 radical (unpaired) electrons. The summed E-state index contributed by atoms with van der Waals surface area (Å²) in [7, 11) is 2.19. The highest BCUT2D eigenvalue weighted by Crippen LogP contribution is 2.20. The van der Waals surface area contributed by atoms with Gasteiger partial charge >= 0.3 is 0 Å². The standard InChI is InChI=1S/C13H24N6/c1-9-12(16-10(2)17-13(9)18-14)15-8-11-6-4-5-7-19(11)3/h11H,4-8,14H2,1-3H3,(H2,15,16,17,18). The van der Waals surface area contributed by atoms with Crippen LogP contribution in [0.25, 0.3) is 0 Å². The SMILES string of the molecule is Cc1nc(NN)c(C)c(NCC2CCCCN2C)n1. The van der Waals surface area contributed by atoms with E-state index in [0.29, 0.717) is 11.9 Å². The molecule has 1 atom stereocenters. The molecule has 2 rings (SSSR count). The number of likely N-dealkylation sites (tertiary alicyclic amines) is 1. The number of aromatic nitrogens is 2. The van der Waals surface area contributed by atoms with Gasteiger partial charge in [0.05, 0.1) is 0 Å². The predicted octanol–water partition coefficient (Wildman–Crippen LogP) is 1.28. The Labute approximate surface area is 114 Å². The normalized spacial score (nSPS) is 20.3. The maximum absolute atomic E-state index is 5.47. The number of hydrogen-bond acceptors (Lipinski definition) is 6. The second-order valence-electron chi connectivity index (χ2n) is 5.25. The third-order valence-electron chi connectivity index (χ3n) is 3.82. The van der Waals surface area contributed by atoms with Gasteiger partial charge in [-0.05, 0) is 40.3 Å². The van der Waals surface area contributed by atoms with Crippen LogP contribution in [0.5, 0.6) is 0 Å². The molecule has 0 spiro atoms. The summed E-state index contributed by atoms with van der Waals surface area (Å²) in [4.78, 5) is 11.1. The number of rotatable bonds is 4. The van der Waals surface area contributed by atoms with Gasteiger partial charge in [-0.1, -0.05) is 6.42 Å². The monoisotopic (exact) mass is 264 g/mol. The van der Waals surface area contributed by atoms with Gasteiger partial charge in [0.2, 0.25) is 0 Å². The summed E-state index contributed by atoms with van der Waals surface area (Å²) in [5, 5.41) is 3.44. The van der Waals surface area contributed by atoms with Crippen molar-refractivity contribution in [2.75, 3.05) is 30.9 Å². The molecule has 1 unspecified atom stereocenters. The van der Waals surface area contributed by atoms with Gasteiger partial charge in [0, 0.05) is 18.2 Å². The minimum absolute atomic E-state index is 0.581. The number of nitrogens with two attached hydrogens (primary N) is 1.